The lowest BCUT2D eigenvalue weighted by Crippen LogP contribution is -1.94. The summed E-state index contributed by atoms with van der Waals surface area (Å²) in [5, 5.41) is 0.751. The van der Waals surface area contributed by atoms with Gasteiger partial charge in [0, 0.05) is 10.9 Å². The van der Waals surface area contributed by atoms with Crippen molar-refractivity contribution in [1.82, 2.24) is 0 Å². The van der Waals surface area contributed by atoms with Gasteiger partial charge in [-0.15, -0.1) is 0 Å². The molecule has 0 spiro atoms. The van der Waals surface area contributed by atoms with E-state index < -0.39 is 11.6 Å². The molecule has 0 saturated heterocycles. The monoisotopic (exact) mass is 442 g/mol. The van der Waals surface area contributed by atoms with Crippen molar-refractivity contribution in [3.8, 4) is 11.8 Å². The number of hydrogen-bond acceptors (Lipinski definition) is 0. The molecule has 0 aliphatic heterocycles. The van der Waals surface area contributed by atoms with Crippen LogP contribution in [0.5, 0.6) is 0 Å². The van der Waals surface area contributed by atoms with Crippen LogP contribution in [-0.4, -0.2) is 0 Å². The largest absolute Gasteiger partial charge is 0.206 e. The average Bonchev–Trinajstić information content (AvgIpc) is 2.84. The summed E-state index contributed by atoms with van der Waals surface area (Å²) >= 11 is 0. The van der Waals surface area contributed by atoms with E-state index in [4.69, 9.17) is 0 Å². The van der Waals surface area contributed by atoms with Crippen molar-refractivity contribution in [3.63, 3.8) is 0 Å². The average molecular weight is 443 g/mol. The van der Waals surface area contributed by atoms with Crippen LogP contribution in [0.15, 0.2) is 72.8 Å². The Morgan fingerprint density at radius 1 is 0.636 bits per heavy atom. The van der Waals surface area contributed by atoms with E-state index in [1.165, 1.54) is 42.2 Å². The number of benzene rings is 4. The molecule has 0 N–H and O–H groups in total. The number of hydrogen-bond donors (Lipinski definition) is 0. The number of rotatable bonds is 6. The van der Waals surface area contributed by atoms with Gasteiger partial charge in [0.15, 0.2) is 11.6 Å². The van der Waals surface area contributed by atoms with E-state index in [9.17, 15) is 13.2 Å². The quantitative estimate of drug-likeness (QED) is 0.267. The molecule has 0 heterocycles. The molecule has 0 bridgehead atoms. The van der Waals surface area contributed by atoms with Crippen LogP contribution in [0.4, 0.5) is 13.2 Å². The third kappa shape index (κ3) is 5.65. The standard InChI is InChI=1S/C30H25F3/c1-2-3-4-21-5-7-22(8-6-21)9-10-24-12-15-25(29(32)20-24)14-11-23-13-17-27-26(19-23)16-18-28(31)30(27)33/h5-8,12-13,15-20H,2-4,9-10H2,1H3. The van der Waals surface area contributed by atoms with Crippen molar-refractivity contribution in [2.24, 2.45) is 0 Å². The Morgan fingerprint density at radius 3 is 2.06 bits per heavy atom. The SMILES string of the molecule is CCCCc1ccc(CCc2ccc(C#Cc3ccc4c(F)c(F)ccc4c3)c(F)c2)cc1. The lowest BCUT2D eigenvalue weighted by Gasteiger charge is -2.05. The Hall–Kier alpha value is -3.51. The predicted octanol–water partition coefficient (Wildman–Crippen LogP) is 7.78. The molecule has 0 unspecified atom stereocenters. The Balaban J connectivity index is 1.42. The number of fused-ring (bicyclic) bond motifs is 1. The molecular formula is C30H25F3. The van der Waals surface area contributed by atoms with E-state index >= 15 is 0 Å². The summed E-state index contributed by atoms with van der Waals surface area (Å²) < 4.78 is 41.8. The minimum Gasteiger partial charge on any atom is -0.206 e. The number of aryl methyl sites for hydroxylation is 3. The maximum atomic E-state index is 14.6. The summed E-state index contributed by atoms with van der Waals surface area (Å²) in [7, 11) is 0. The van der Waals surface area contributed by atoms with E-state index in [1.54, 1.807) is 18.2 Å². The molecule has 166 valence electrons. The van der Waals surface area contributed by atoms with Crippen molar-refractivity contribution in [2.75, 3.05) is 0 Å². The highest BCUT2D eigenvalue weighted by Gasteiger charge is 2.07. The highest BCUT2D eigenvalue weighted by Crippen LogP contribution is 2.21. The van der Waals surface area contributed by atoms with Gasteiger partial charge in [-0.1, -0.05) is 67.6 Å². The first-order valence-corrected chi connectivity index (χ1v) is 11.3. The van der Waals surface area contributed by atoms with Gasteiger partial charge in [-0.25, -0.2) is 13.2 Å². The molecule has 0 saturated carbocycles. The molecule has 0 radical (unpaired) electrons. The summed E-state index contributed by atoms with van der Waals surface area (Å²) in [5.74, 6) is 3.66. The fraction of sp³-hybridized carbons (Fsp3) is 0.200. The normalized spacial score (nSPS) is 10.8. The predicted molar refractivity (Wildman–Crippen MR) is 129 cm³/mol. The second kappa shape index (κ2) is 10.4. The summed E-state index contributed by atoms with van der Waals surface area (Å²) in [6, 6.07) is 21.2. The summed E-state index contributed by atoms with van der Waals surface area (Å²) in [5.41, 5.74) is 4.45. The summed E-state index contributed by atoms with van der Waals surface area (Å²) in [6.07, 6.45) is 5.11. The second-order valence-corrected chi connectivity index (χ2v) is 8.28. The van der Waals surface area contributed by atoms with Crippen LogP contribution in [0.25, 0.3) is 10.8 Å². The van der Waals surface area contributed by atoms with Crippen LogP contribution < -0.4 is 0 Å². The molecule has 0 aliphatic rings. The van der Waals surface area contributed by atoms with Crippen LogP contribution in [0.2, 0.25) is 0 Å². The topological polar surface area (TPSA) is 0 Å². The highest BCUT2D eigenvalue weighted by molar-refractivity contribution is 5.84. The highest BCUT2D eigenvalue weighted by atomic mass is 19.2. The van der Waals surface area contributed by atoms with Crippen molar-refractivity contribution in [1.29, 1.82) is 0 Å². The van der Waals surface area contributed by atoms with Gasteiger partial charge in [0.05, 0.1) is 5.56 Å². The van der Waals surface area contributed by atoms with Gasteiger partial charge in [0.1, 0.15) is 5.82 Å². The van der Waals surface area contributed by atoms with Gasteiger partial charge < -0.3 is 0 Å². The van der Waals surface area contributed by atoms with Gasteiger partial charge >= 0.3 is 0 Å². The van der Waals surface area contributed by atoms with Crippen molar-refractivity contribution < 1.29 is 13.2 Å². The van der Waals surface area contributed by atoms with Crippen molar-refractivity contribution >= 4 is 10.8 Å². The van der Waals surface area contributed by atoms with Gasteiger partial charge in [-0.2, -0.15) is 0 Å². The van der Waals surface area contributed by atoms with Gasteiger partial charge in [0.2, 0.25) is 0 Å². The zero-order valence-electron chi connectivity index (χ0n) is 18.6. The lowest BCUT2D eigenvalue weighted by atomic mass is 10.0. The molecule has 0 nitrogen and oxygen atoms in total. The van der Waals surface area contributed by atoms with Gasteiger partial charge in [-0.3, -0.25) is 0 Å². The number of halogens is 3. The first-order valence-electron chi connectivity index (χ1n) is 11.3. The first kappa shape index (κ1) is 22.7. The first-order chi connectivity index (χ1) is 16.0. The Bertz CT molecular complexity index is 1320. The van der Waals surface area contributed by atoms with Crippen molar-refractivity contribution in [2.45, 2.75) is 39.0 Å². The van der Waals surface area contributed by atoms with E-state index in [-0.39, 0.29) is 11.2 Å². The summed E-state index contributed by atoms with van der Waals surface area (Å²) in [6.45, 7) is 2.19. The maximum Gasteiger partial charge on any atom is 0.166 e. The van der Waals surface area contributed by atoms with Crippen molar-refractivity contribution in [3.05, 3.63) is 118 Å². The third-order valence-corrected chi connectivity index (χ3v) is 5.83. The molecule has 0 atom stereocenters. The molecule has 0 aromatic heterocycles. The minimum absolute atomic E-state index is 0.201. The maximum absolute atomic E-state index is 14.6. The molecule has 4 aromatic carbocycles. The minimum atomic E-state index is -0.882. The van der Waals surface area contributed by atoms with E-state index in [2.05, 4.69) is 43.0 Å². The van der Waals surface area contributed by atoms with Crippen LogP contribution >= 0.6 is 0 Å². The second-order valence-electron chi connectivity index (χ2n) is 8.28. The molecule has 0 aliphatic carbocycles. The Kier molecular flexibility index (Phi) is 7.15. The zero-order valence-corrected chi connectivity index (χ0v) is 18.6. The van der Waals surface area contributed by atoms with E-state index in [0.29, 0.717) is 16.5 Å². The molecule has 0 amide bonds. The smallest absolute Gasteiger partial charge is 0.166 e. The molecule has 33 heavy (non-hydrogen) atoms. The van der Waals surface area contributed by atoms with Crippen LogP contribution in [0.3, 0.4) is 0 Å². The molecular weight excluding hydrogens is 417 g/mol. The molecule has 0 fully saturated rings. The fourth-order valence-electron chi connectivity index (χ4n) is 3.84. The van der Waals surface area contributed by atoms with Crippen LogP contribution in [-0.2, 0) is 19.3 Å². The van der Waals surface area contributed by atoms with Gasteiger partial charge in [0.25, 0.3) is 0 Å². The Morgan fingerprint density at radius 2 is 1.33 bits per heavy atom. The van der Waals surface area contributed by atoms with E-state index in [1.807, 2.05) is 6.07 Å². The summed E-state index contributed by atoms with van der Waals surface area (Å²) in [4.78, 5) is 0. The van der Waals surface area contributed by atoms with E-state index in [0.717, 1.165) is 30.9 Å². The lowest BCUT2D eigenvalue weighted by molar-refractivity contribution is 0.517. The third-order valence-electron chi connectivity index (χ3n) is 5.83. The van der Waals surface area contributed by atoms with Crippen LogP contribution in [0.1, 0.15) is 47.6 Å². The molecule has 4 rings (SSSR count). The Labute approximate surface area is 193 Å². The zero-order chi connectivity index (χ0) is 23.2. The fourth-order valence-corrected chi connectivity index (χ4v) is 3.84. The number of unbranched alkanes of at least 4 members (excludes halogenated alkanes) is 1. The molecule has 4 aromatic rings. The van der Waals surface area contributed by atoms with Crippen LogP contribution in [0, 0.1) is 29.3 Å². The van der Waals surface area contributed by atoms with Gasteiger partial charge in [-0.05, 0) is 78.1 Å². The molecule has 3 heteroatoms.